The maximum absolute atomic E-state index is 11.0. The van der Waals surface area contributed by atoms with Crippen molar-refractivity contribution in [2.75, 3.05) is 14.1 Å². The minimum absolute atomic E-state index is 0.387. The predicted molar refractivity (Wildman–Crippen MR) is 80.9 cm³/mol. The van der Waals surface area contributed by atoms with E-state index in [2.05, 4.69) is 9.88 Å². The molecular formula is C16H19N3O2. The summed E-state index contributed by atoms with van der Waals surface area (Å²) in [5.74, 6) is 0.235. The fourth-order valence-corrected chi connectivity index (χ4v) is 1.87. The van der Waals surface area contributed by atoms with Crippen molar-refractivity contribution in [2.24, 2.45) is 5.73 Å². The molecule has 1 amide bonds. The Hall–Kier alpha value is -2.40. The van der Waals surface area contributed by atoms with E-state index in [0.717, 1.165) is 17.8 Å². The van der Waals surface area contributed by atoms with E-state index in [1.54, 1.807) is 24.3 Å². The van der Waals surface area contributed by atoms with Crippen molar-refractivity contribution in [1.82, 2.24) is 9.88 Å². The van der Waals surface area contributed by atoms with Crippen LogP contribution in [-0.2, 0) is 13.2 Å². The topological polar surface area (TPSA) is 68.5 Å². The normalized spacial score (nSPS) is 10.6. The molecule has 0 bridgehead atoms. The van der Waals surface area contributed by atoms with Crippen molar-refractivity contribution in [3.63, 3.8) is 0 Å². The summed E-state index contributed by atoms with van der Waals surface area (Å²) in [6.07, 6.45) is 1.86. The number of aromatic nitrogens is 1. The van der Waals surface area contributed by atoms with Crippen LogP contribution in [0.1, 0.15) is 21.6 Å². The second-order valence-corrected chi connectivity index (χ2v) is 5.07. The monoisotopic (exact) mass is 285 g/mol. The lowest BCUT2D eigenvalue weighted by Crippen LogP contribution is -2.11. The van der Waals surface area contributed by atoms with E-state index in [9.17, 15) is 4.79 Å². The van der Waals surface area contributed by atoms with E-state index in [1.165, 1.54) is 0 Å². The number of carbonyl (C=O) groups excluding carboxylic acids is 1. The summed E-state index contributed by atoms with van der Waals surface area (Å²) in [6.45, 7) is 1.25. The second-order valence-electron chi connectivity index (χ2n) is 5.07. The van der Waals surface area contributed by atoms with E-state index >= 15 is 0 Å². The first kappa shape index (κ1) is 15.0. The van der Waals surface area contributed by atoms with Gasteiger partial charge >= 0.3 is 0 Å². The molecule has 0 aliphatic carbocycles. The molecule has 110 valence electrons. The molecule has 0 saturated carbocycles. The zero-order valence-electron chi connectivity index (χ0n) is 12.2. The number of ether oxygens (including phenoxy) is 1. The molecule has 0 fully saturated rings. The largest absolute Gasteiger partial charge is 0.487 e. The van der Waals surface area contributed by atoms with Crippen molar-refractivity contribution < 1.29 is 9.53 Å². The molecule has 0 radical (unpaired) electrons. The number of primary amides is 1. The van der Waals surface area contributed by atoms with Crippen molar-refractivity contribution in [3.05, 3.63) is 59.4 Å². The van der Waals surface area contributed by atoms with Crippen LogP contribution in [-0.4, -0.2) is 29.9 Å². The SMILES string of the molecule is CN(C)Cc1ccc(COc2ccc(C(N)=O)cc2)nc1. The Morgan fingerprint density at radius 1 is 1.19 bits per heavy atom. The lowest BCUT2D eigenvalue weighted by molar-refractivity contribution is 0.1000. The van der Waals surface area contributed by atoms with Crippen molar-refractivity contribution in [3.8, 4) is 5.75 Å². The molecule has 0 spiro atoms. The molecule has 1 aromatic heterocycles. The van der Waals surface area contributed by atoms with Gasteiger partial charge in [0.1, 0.15) is 12.4 Å². The van der Waals surface area contributed by atoms with Gasteiger partial charge in [0.25, 0.3) is 0 Å². The minimum Gasteiger partial charge on any atom is -0.487 e. The number of carbonyl (C=O) groups is 1. The lowest BCUT2D eigenvalue weighted by atomic mass is 10.2. The summed E-state index contributed by atoms with van der Waals surface area (Å²) >= 11 is 0. The number of benzene rings is 1. The third-order valence-electron chi connectivity index (χ3n) is 2.91. The Balaban J connectivity index is 1.91. The Morgan fingerprint density at radius 2 is 1.90 bits per heavy atom. The summed E-state index contributed by atoms with van der Waals surface area (Å²) in [5, 5.41) is 0. The van der Waals surface area contributed by atoms with Crippen LogP contribution in [0.3, 0.4) is 0 Å². The molecule has 2 aromatic rings. The molecule has 5 heteroatoms. The molecular weight excluding hydrogens is 266 g/mol. The van der Waals surface area contributed by atoms with Crippen LogP contribution in [0.5, 0.6) is 5.75 Å². The average Bonchev–Trinajstić information content (AvgIpc) is 2.46. The summed E-state index contributed by atoms with van der Waals surface area (Å²) in [4.78, 5) is 17.4. The number of nitrogens with zero attached hydrogens (tertiary/aromatic N) is 2. The van der Waals surface area contributed by atoms with Gasteiger partial charge in [-0.05, 0) is 50.0 Å². The summed E-state index contributed by atoms with van der Waals surface area (Å²) in [6, 6.07) is 10.7. The highest BCUT2D eigenvalue weighted by Gasteiger charge is 2.02. The lowest BCUT2D eigenvalue weighted by Gasteiger charge is -2.10. The van der Waals surface area contributed by atoms with E-state index in [-0.39, 0.29) is 0 Å². The third-order valence-corrected chi connectivity index (χ3v) is 2.91. The highest BCUT2D eigenvalue weighted by atomic mass is 16.5. The summed E-state index contributed by atoms with van der Waals surface area (Å²) < 4.78 is 5.62. The van der Waals surface area contributed by atoms with Crippen molar-refractivity contribution in [1.29, 1.82) is 0 Å². The van der Waals surface area contributed by atoms with E-state index < -0.39 is 5.91 Å². The molecule has 0 aliphatic heterocycles. The number of nitrogens with two attached hydrogens (primary N) is 1. The molecule has 0 atom stereocenters. The van der Waals surface area contributed by atoms with E-state index in [4.69, 9.17) is 10.5 Å². The van der Waals surface area contributed by atoms with Crippen molar-refractivity contribution in [2.45, 2.75) is 13.2 Å². The van der Waals surface area contributed by atoms with Gasteiger partial charge in [0.2, 0.25) is 5.91 Å². The third kappa shape index (κ3) is 4.57. The Labute approximate surface area is 124 Å². The Kier molecular flexibility index (Phi) is 4.90. The Bertz CT molecular complexity index is 592. The van der Waals surface area contributed by atoms with Gasteiger partial charge in [-0.15, -0.1) is 0 Å². The zero-order chi connectivity index (χ0) is 15.2. The quantitative estimate of drug-likeness (QED) is 0.879. The number of rotatable bonds is 6. The van der Waals surface area contributed by atoms with Crippen LogP contribution in [0.15, 0.2) is 42.6 Å². The Morgan fingerprint density at radius 3 is 2.43 bits per heavy atom. The smallest absolute Gasteiger partial charge is 0.248 e. The van der Waals surface area contributed by atoms with Gasteiger partial charge in [-0.25, -0.2) is 0 Å². The van der Waals surface area contributed by atoms with Gasteiger partial charge in [-0.3, -0.25) is 9.78 Å². The number of amides is 1. The molecule has 0 aliphatic rings. The van der Waals surface area contributed by atoms with E-state index in [1.807, 2.05) is 32.4 Å². The minimum atomic E-state index is -0.445. The van der Waals surface area contributed by atoms with Crippen LogP contribution in [0.25, 0.3) is 0 Å². The predicted octanol–water partition coefficient (Wildman–Crippen LogP) is 1.82. The van der Waals surface area contributed by atoms with Crippen LogP contribution < -0.4 is 10.5 Å². The van der Waals surface area contributed by atoms with Gasteiger partial charge in [-0.2, -0.15) is 0 Å². The fraction of sp³-hybridized carbons (Fsp3) is 0.250. The van der Waals surface area contributed by atoms with Crippen LogP contribution in [0, 0.1) is 0 Å². The van der Waals surface area contributed by atoms with Gasteiger partial charge in [-0.1, -0.05) is 6.07 Å². The number of hydrogen-bond acceptors (Lipinski definition) is 4. The fourth-order valence-electron chi connectivity index (χ4n) is 1.87. The van der Waals surface area contributed by atoms with Gasteiger partial charge in [0.15, 0.2) is 0 Å². The van der Waals surface area contributed by atoms with Gasteiger partial charge in [0, 0.05) is 18.3 Å². The molecule has 1 heterocycles. The molecule has 1 aromatic carbocycles. The molecule has 21 heavy (non-hydrogen) atoms. The first-order valence-corrected chi connectivity index (χ1v) is 6.66. The highest BCUT2D eigenvalue weighted by molar-refractivity contribution is 5.92. The zero-order valence-corrected chi connectivity index (χ0v) is 12.2. The first-order chi connectivity index (χ1) is 10.0. The van der Waals surface area contributed by atoms with E-state index in [0.29, 0.717) is 17.9 Å². The second kappa shape index (κ2) is 6.85. The summed E-state index contributed by atoms with van der Waals surface area (Å²) in [7, 11) is 4.04. The molecule has 2 N–H and O–H groups in total. The maximum atomic E-state index is 11.0. The molecule has 0 saturated heterocycles. The molecule has 0 unspecified atom stereocenters. The summed E-state index contributed by atoms with van der Waals surface area (Å²) in [5.41, 5.74) is 7.67. The first-order valence-electron chi connectivity index (χ1n) is 6.66. The molecule has 2 rings (SSSR count). The average molecular weight is 285 g/mol. The van der Waals surface area contributed by atoms with Crippen LogP contribution >= 0.6 is 0 Å². The number of hydrogen-bond donors (Lipinski definition) is 1. The maximum Gasteiger partial charge on any atom is 0.248 e. The number of pyridine rings is 1. The van der Waals surface area contributed by atoms with Crippen LogP contribution in [0.2, 0.25) is 0 Å². The van der Waals surface area contributed by atoms with Gasteiger partial charge in [0.05, 0.1) is 5.69 Å². The van der Waals surface area contributed by atoms with Crippen LogP contribution in [0.4, 0.5) is 0 Å². The standard InChI is InChI=1S/C16H19N3O2/c1-19(2)10-12-3-6-14(18-9-12)11-21-15-7-4-13(5-8-15)16(17)20/h3-9H,10-11H2,1-2H3,(H2,17,20). The highest BCUT2D eigenvalue weighted by Crippen LogP contribution is 2.13. The molecule has 5 nitrogen and oxygen atoms in total. The van der Waals surface area contributed by atoms with Crippen molar-refractivity contribution >= 4 is 5.91 Å². The van der Waals surface area contributed by atoms with Gasteiger partial charge < -0.3 is 15.4 Å².